The third-order valence-electron chi connectivity index (χ3n) is 11.3. The first-order valence-electron chi connectivity index (χ1n) is 16.9. The lowest BCUT2D eigenvalue weighted by atomic mass is 9.82. The fourth-order valence-corrected chi connectivity index (χ4v) is 9.92. The number of benzene rings is 7. The quantitative estimate of drug-likeness (QED) is 0.187. The molecule has 0 atom stereocenters. The molecule has 0 amide bonds. The molecule has 2 aliphatic rings. The Kier molecular flexibility index (Phi) is 5.63. The van der Waals surface area contributed by atoms with Crippen molar-refractivity contribution in [2.75, 3.05) is 4.90 Å². The standard InChI is InChI=1S/C46H35NS/c1-45(2)39-15-9-6-12-33(39)37-26-30(21-23-40(37)45)47(31-20-22-34-32-11-5-8-14-38(32)46(3,4)41(34)27-31)29-19-17-28-18-24-43-44(36(28)25-29)35-13-7-10-16-42(35)48-43/h5-27H,1-4H3. The molecule has 0 unspecified atom stereocenters. The summed E-state index contributed by atoms with van der Waals surface area (Å²) in [7, 11) is 0. The average molecular weight is 634 g/mol. The second kappa shape index (κ2) is 9.69. The molecule has 230 valence electrons. The van der Waals surface area contributed by atoms with Gasteiger partial charge in [0.1, 0.15) is 0 Å². The Labute approximate surface area is 285 Å². The summed E-state index contributed by atoms with van der Waals surface area (Å²) < 4.78 is 2.67. The molecule has 48 heavy (non-hydrogen) atoms. The van der Waals surface area contributed by atoms with E-state index >= 15 is 0 Å². The summed E-state index contributed by atoms with van der Waals surface area (Å²) in [5.41, 5.74) is 14.4. The van der Waals surface area contributed by atoms with Crippen LogP contribution in [0.2, 0.25) is 0 Å². The molecule has 1 nitrogen and oxygen atoms in total. The molecular weight excluding hydrogens is 599 g/mol. The Balaban J connectivity index is 1.23. The minimum Gasteiger partial charge on any atom is -0.310 e. The van der Waals surface area contributed by atoms with E-state index in [1.54, 1.807) is 0 Å². The van der Waals surface area contributed by atoms with Gasteiger partial charge in [-0.05, 0) is 104 Å². The van der Waals surface area contributed by atoms with Gasteiger partial charge in [0.2, 0.25) is 0 Å². The summed E-state index contributed by atoms with van der Waals surface area (Å²) in [6.07, 6.45) is 0. The molecule has 8 aromatic rings. The van der Waals surface area contributed by atoms with E-state index in [1.807, 2.05) is 11.3 Å². The summed E-state index contributed by atoms with van der Waals surface area (Å²) in [5, 5.41) is 5.25. The molecule has 0 radical (unpaired) electrons. The van der Waals surface area contributed by atoms with Gasteiger partial charge in [-0.2, -0.15) is 0 Å². The monoisotopic (exact) mass is 633 g/mol. The number of fused-ring (bicyclic) bond motifs is 11. The molecule has 0 bridgehead atoms. The lowest BCUT2D eigenvalue weighted by molar-refractivity contribution is 0.660. The first kappa shape index (κ1) is 27.9. The Hall–Kier alpha value is -5.18. The number of hydrogen-bond donors (Lipinski definition) is 0. The maximum absolute atomic E-state index is 2.49. The zero-order chi connectivity index (χ0) is 32.4. The van der Waals surface area contributed by atoms with Gasteiger partial charge < -0.3 is 4.90 Å². The average Bonchev–Trinajstić information content (AvgIpc) is 3.68. The van der Waals surface area contributed by atoms with Crippen LogP contribution in [0.25, 0.3) is 53.2 Å². The van der Waals surface area contributed by atoms with E-state index < -0.39 is 0 Å². The van der Waals surface area contributed by atoms with Crippen LogP contribution in [0.1, 0.15) is 49.9 Å². The largest absolute Gasteiger partial charge is 0.310 e. The minimum atomic E-state index is -0.0837. The van der Waals surface area contributed by atoms with E-state index in [4.69, 9.17) is 0 Å². The normalized spacial score (nSPS) is 15.0. The van der Waals surface area contributed by atoms with Gasteiger partial charge >= 0.3 is 0 Å². The fraction of sp³-hybridized carbons (Fsp3) is 0.130. The molecule has 0 saturated heterocycles. The maximum atomic E-state index is 2.49. The van der Waals surface area contributed by atoms with Gasteiger partial charge in [-0.15, -0.1) is 11.3 Å². The molecule has 0 spiro atoms. The highest BCUT2D eigenvalue weighted by Crippen LogP contribution is 2.53. The SMILES string of the molecule is CC1(C)c2ccccc2-c2cc(N(c3ccc4c(c3)C(C)(C)c3ccccc3-4)c3ccc4ccc5sc6ccccc6c5c4c3)ccc21. The van der Waals surface area contributed by atoms with Crippen molar-refractivity contribution in [2.24, 2.45) is 0 Å². The summed E-state index contributed by atoms with van der Waals surface area (Å²) >= 11 is 1.88. The highest BCUT2D eigenvalue weighted by molar-refractivity contribution is 7.26. The first-order valence-corrected chi connectivity index (χ1v) is 17.8. The highest BCUT2D eigenvalue weighted by Gasteiger charge is 2.37. The Morgan fingerprint density at radius 2 is 0.979 bits per heavy atom. The summed E-state index contributed by atoms with van der Waals surface area (Å²) in [6.45, 7) is 9.45. The van der Waals surface area contributed by atoms with Crippen molar-refractivity contribution in [1.29, 1.82) is 0 Å². The molecule has 2 heteroatoms. The predicted octanol–water partition coefficient (Wildman–Crippen LogP) is 13.3. The van der Waals surface area contributed by atoms with Crippen molar-refractivity contribution in [2.45, 2.75) is 38.5 Å². The molecule has 0 fully saturated rings. The van der Waals surface area contributed by atoms with Crippen LogP contribution >= 0.6 is 11.3 Å². The van der Waals surface area contributed by atoms with Crippen LogP contribution in [0.3, 0.4) is 0 Å². The van der Waals surface area contributed by atoms with E-state index in [0.29, 0.717) is 0 Å². The van der Waals surface area contributed by atoms with E-state index in [1.165, 1.54) is 92.5 Å². The van der Waals surface area contributed by atoms with Gasteiger partial charge in [0.05, 0.1) is 0 Å². The van der Waals surface area contributed by atoms with Crippen LogP contribution in [-0.2, 0) is 10.8 Å². The molecule has 0 saturated carbocycles. The molecule has 1 aromatic heterocycles. The van der Waals surface area contributed by atoms with Gasteiger partial charge in [0, 0.05) is 48.1 Å². The lowest BCUT2D eigenvalue weighted by Gasteiger charge is -2.29. The topological polar surface area (TPSA) is 3.24 Å². The molecule has 2 aliphatic carbocycles. The van der Waals surface area contributed by atoms with Gasteiger partial charge in [-0.3, -0.25) is 0 Å². The zero-order valence-electron chi connectivity index (χ0n) is 27.6. The third kappa shape index (κ3) is 3.72. The zero-order valence-corrected chi connectivity index (χ0v) is 28.5. The van der Waals surface area contributed by atoms with E-state index in [9.17, 15) is 0 Å². The van der Waals surface area contributed by atoms with Gasteiger partial charge in [-0.1, -0.05) is 119 Å². The molecule has 0 aliphatic heterocycles. The predicted molar refractivity (Wildman–Crippen MR) is 207 cm³/mol. The molecular formula is C46H35NS. The second-order valence-electron chi connectivity index (χ2n) is 14.6. The van der Waals surface area contributed by atoms with Crippen molar-refractivity contribution in [3.8, 4) is 22.3 Å². The van der Waals surface area contributed by atoms with Gasteiger partial charge in [-0.25, -0.2) is 0 Å². The molecule has 1 heterocycles. The van der Waals surface area contributed by atoms with Crippen LogP contribution in [0.4, 0.5) is 17.1 Å². The van der Waals surface area contributed by atoms with Crippen LogP contribution in [0.15, 0.2) is 140 Å². The Morgan fingerprint density at radius 3 is 1.79 bits per heavy atom. The van der Waals surface area contributed by atoms with E-state index in [0.717, 1.165) is 0 Å². The molecule has 0 N–H and O–H groups in total. The number of thiophene rings is 1. The summed E-state index contributed by atoms with van der Waals surface area (Å²) in [5.74, 6) is 0. The fourth-order valence-electron chi connectivity index (χ4n) is 8.80. The van der Waals surface area contributed by atoms with Gasteiger partial charge in [0.15, 0.2) is 0 Å². The third-order valence-corrected chi connectivity index (χ3v) is 12.4. The molecule has 7 aromatic carbocycles. The van der Waals surface area contributed by atoms with Crippen molar-refractivity contribution < 1.29 is 0 Å². The van der Waals surface area contributed by atoms with Crippen molar-refractivity contribution in [3.63, 3.8) is 0 Å². The van der Waals surface area contributed by atoms with Crippen LogP contribution in [0.5, 0.6) is 0 Å². The smallest absolute Gasteiger partial charge is 0.0468 e. The summed E-state index contributed by atoms with van der Waals surface area (Å²) in [4.78, 5) is 2.49. The lowest BCUT2D eigenvalue weighted by Crippen LogP contribution is -2.17. The van der Waals surface area contributed by atoms with E-state index in [-0.39, 0.29) is 10.8 Å². The number of nitrogens with zero attached hydrogens (tertiary/aromatic N) is 1. The Bertz CT molecular complexity index is 2630. The van der Waals surface area contributed by atoms with Gasteiger partial charge in [0.25, 0.3) is 0 Å². The number of anilines is 3. The number of rotatable bonds is 3. The molecule has 10 rings (SSSR count). The van der Waals surface area contributed by atoms with Crippen molar-refractivity contribution in [3.05, 3.63) is 162 Å². The number of hydrogen-bond acceptors (Lipinski definition) is 2. The Morgan fingerprint density at radius 1 is 0.417 bits per heavy atom. The van der Waals surface area contributed by atoms with Crippen molar-refractivity contribution >= 4 is 59.3 Å². The second-order valence-corrected chi connectivity index (χ2v) is 15.7. The van der Waals surface area contributed by atoms with E-state index in [2.05, 4.69) is 172 Å². The van der Waals surface area contributed by atoms with Crippen LogP contribution in [0, 0.1) is 0 Å². The highest BCUT2D eigenvalue weighted by atomic mass is 32.1. The minimum absolute atomic E-state index is 0.0345. The van der Waals surface area contributed by atoms with Crippen LogP contribution < -0.4 is 4.90 Å². The maximum Gasteiger partial charge on any atom is 0.0468 e. The van der Waals surface area contributed by atoms with Crippen LogP contribution in [-0.4, -0.2) is 0 Å². The summed E-state index contributed by atoms with van der Waals surface area (Å²) in [6, 6.07) is 52.6. The first-order chi connectivity index (χ1) is 23.3. The van der Waals surface area contributed by atoms with Crippen molar-refractivity contribution in [1.82, 2.24) is 0 Å².